The van der Waals surface area contributed by atoms with Gasteiger partial charge < -0.3 is 5.32 Å². The lowest BCUT2D eigenvalue weighted by molar-refractivity contribution is 1.10. The smallest absolute Gasteiger partial charge is 0.100 e. The molecule has 108 valence electrons. The summed E-state index contributed by atoms with van der Waals surface area (Å²) in [5.74, 6) is 0. The molecule has 0 aliphatic carbocycles. The third-order valence-electron chi connectivity index (χ3n) is 3.63. The van der Waals surface area contributed by atoms with Gasteiger partial charge in [0, 0.05) is 34.6 Å². The molecule has 0 amide bonds. The average molecular weight is 280 g/mol. The second-order valence-corrected chi connectivity index (χ2v) is 5.45. The quantitative estimate of drug-likeness (QED) is 0.763. The molecular formula is C17H20N4. The number of pyridine rings is 1. The highest BCUT2D eigenvalue weighted by Crippen LogP contribution is 2.30. The van der Waals surface area contributed by atoms with Crippen molar-refractivity contribution < 1.29 is 0 Å². The zero-order valence-corrected chi connectivity index (χ0v) is 12.9. The summed E-state index contributed by atoms with van der Waals surface area (Å²) >= 11 is 0. The van der Waals surface area contributed by atoms with Gasteiger partial charge in [0.1, 0.15) is 5.69 Å². The Hall–Kier alpha value is -2.36. The topological polar surface area (TPSA) is 53.6 Å². The minimum absolute atomic E-state index is 0.913. The Bertz CT molecular complexity index is 782. The van der Waals surface area contributed by atoms with Gasteiger partial charge >= 0.3 is 0 Å². The summed E-state index contributed by atoms with van der Waals surface area (Å²) in [5, 5.41) is 12.2. The first-order valence-electron chi connectivity index (χ1n) is 7.26. The second kappa shape index (κ2) is 5.20. The van der Waals surface area contributed by atoms with Crippen LogP contribution in [0.2, 0.25) is 0 Å². The van der Waals surface area contributed by atoms with Crippen LogP contribution in [0.15, 0.2) is 24.3 Å². The summed E-state index contributed by atoms with van der Waals surface area (Å²) in [6.07, 6.45) is 0. The van der Waals surface area contributed by atoms with Crippen molar-refractivity contribution >= 4 is 16.6 Å². The molecule has 1 aromatic carbocycles. The number of nitrogens with one attached hydrogen (secondary N) is 2. The summed E-state index contributed by atoms with van der Waals surface area (Å²) < 4.78 is 0. The van der Waals surface area contributed by atoms with Gasteiger partial charge in [0.25, 0.3) is 0 Å². The fourth-order valence-corrected chi connectivity index (χ4v) is 2.74. The number of H-pyrrole nitrogens is 1. The highest BCUT2D eigenvalue weighted by atomic mass is 15.1. The fraction of sp³-hybridized carbons (Fsp3) is 0.294. The first-order valence-corrected chi connectivity index (χ1v) is 7.26. The monoisotopic (exact) mass is 280 g/mol. The van der Waals surface area contributed by atoms with Crippen LogP contribution in [-0.2, 0) is 0 Å². The molecule has 2 N–H and O–H groups in total. The molecule has 21 heavy (non-hydrogen) atoms. The number of nitrogens with zero attached hydrogens (tertiary/aromatic N) is 2. The Kier molecular flexibility index (Phi) is 3.37. The van der Waals surface area contributed by atoms with Crippen molar-refractivity contribution in [2.75, 3.05) is 11.9 Å². The standard InChI is InChI=1S/C17H20N4/c1-5-18-15-9-16-14(6-10(15)2)17(21-20-16)13-7-11(3)19-12(4)8-13/h6-9,18H,5H2,1-4H3,(H,20,21). The van der Waals surface area contributed by atoms with Gasteiger partial charge in [0.2, 0.25) is 0 Å². The van der Waals surface area contributed by atoms with Crippen molar-refractivity contribution in [2.24, 2.45) is 0 Å². The zero-order chi connectivity index (χ0) is 15.0. The van der Waals surface area contributed by atoms with Crippen molar-refractivity contribution in [3.63, 3.8) is 0 Å². The number of aryl methyl sites for hydroxylation is 3. The molecule has 4 nitrogen and oxygen atoms in total. The summed E-state index contributed by atoms with van der Waals surface area (Å²) in [7, 11) is 0. The summed E-state index contributed by atoms with van der Waals surface area (Å²) in [6.45, 7) is 9.16. The molecular weight excluding hydrogens is 260 g/mol. The number of fused-ring (bicyclic) bond motifs is 1. The number of rotatable bonds is 3. The maximum atomic E-state index is 4.51. The molecule has 0 radical (unpaired) electrons. The molecule has 0 spiro atoms. The maximum absolute atomic E-state index is 4.51. The Balaban J connectivity index is 2.18. The van der Waals surface area contributed by atoms with E-state index >= 15 is 0 Å². The lowest BCUT2D eigenvalue weighted by atomic mass is 10.0. The SMILES string of the molecule is CCNc1cc2[nH]nc(-c3cc(C)nc(C)c3)c2cc1C. The third kappa shape index (κ3) is 2.49. The largest absolute Gasteiger partial charge is 0.385 e. The molecule has 2 heterocycles. The van der Waals surface area contributed by atoms with Crippen LogP contribution in [0, 0.1) is 20.8 Å². The minimum atomic E-state index is 0.913. The second-order valence-electron chi connectivity index (χ2n) is 5.45. The summed E-state index contributed by atoms with van der Waals surface area (Å²) in [6, 6.07) is 8.48. The molecule has 2 aromatic heterocycles. The molecule has 0 bridgehead atoms. The van der Waals surface area contributed by atoms with Crippen LogP contribution >= 0.6 is 0 Å². The van der Waals surface area contributed by atoms with E-state index in [1.165, 1.54) is 5.56 Å². The van der Waals surface area contributed by atoms with Crippen LogP contribution in [-0.4, -0.2) is 21.7 Å². The van der Waals surface area contributed by atoms with E-state index in [9.17, 15) is 0 Å². The van der Waals surface area contributed by atoms with Crippen LogP contribution in [0.1, 0.15) is 23.9 Å². The highest BCUT2D eigenvalue weighted by Gasteiger charge is 2.11. The zero-order valence-electron chi connectivity index (χ0n) is 12.9. The Morgan fingerprint density at radius 3 is 2.43 bits per heavy atom. The van der Waals surface area contributed by atoms with Gasteiger partial charge in [0.05, 0.1) is 5.52 Å². The van der Waals surface area contributed by atoms with Crippen molar-refractivity contribution in [1.29, 1.82) is 0 Å². The first-order chi connectivity index (χ1) is 10.1. The third-order valence-corrected chi connectivity index (χ3v) is 3.63. The molecule has 0 atom stereocenters. The minimum Gasteiger partial charge on any atom is -0.385 e. The number of hydrogen-bond acceptors (Lipinski definition) is 3. The van der Waals surface area contributed by atoms with Crippen molar-refractivity contribution in [3.8, 4) is 11.3 Å². The van der Waals surface area contributed by atoms with Crippen LogP contribution in [0.3, 0.4) is 0 Å². The number of aromatic nitrogens is 3. The van der Waals surface area contributed by atoms with Crippen LogP contribution in [0.25, 0.3) is 22.2 Å². The lowest BCUT2D eigenvalue weighted by Gasteiger charge is -2.08. The Labute approximate surface area is 124 Å². The fourth-order valence-electron chi connectivity index (χ4n) is 2.74. The van der Waals surface area contributed by atoms with Gasteiger partial charge in [-0.2, -0.15) is 5.10 Å². The number of aromatic amines is 1. The average Bonchev–Trinajstić information content (AvgIpc) is 2.81. The molecule has 3 rings (SSSR count). The Morgan fingerprint density at radius 1 is 1.05 bits per heavy atom. The normalized spacial score (nSPS) is 11.0. The van der Waals surface area contributed by atoms with Gasteiger partial charge in [-0.15, -0.1) is 0 Å². The number of hydrogen-bond donors (Lipinski definition) is 2. The molecule has 3 aromatic rings. The molecule has 0 fully saturated rings. The van der Waals surface area contributed by atoms with Crippen molar-refractivity contribution in [2.45, 2.75) is 27.7 Å². The number of anilines is 1. The van der Waals surface area contributed by atoms with Gasteiger partial charge in [0.15, 0.2) is 0 Å². The highest BCUT2D eigenvalue weighted by molar-refractivity contribution is 5.95. The van der Waals surface area contributed by atoms with Crippen molar-refractivity contribution in [3.05, 3.63) is 41.2 Å². The van der Waals surface area contributed by atoms with E-state index < -0.39 is 0 Å². The van der Waals surface area contributed by atoms with E-state index in [-0.39, 0.29) is 0 Å². The van der Waals surface area contributed by atoms with Crippen LogP contribution in [0.5, 0.6) is 0 Å². The predicted octanol–water partition coefficient (Wildman–Crippen LogP) is 3.98. The van der Waals surface area contributed by atoms with Gasteiger partial charge in [-0.1, -0.05) is 0 Å². The molecule has 0 aliphatic rings. The predicted molar refractivity (Wildman–Crippen MR) is 87.7 cm³/mol. The van der Waals surface area contributed by atoms with Crippen LogP contribution < -0.4 is 5.32 Å². The van der Waals surface area contributed by atoms with E-state index in [0.717, 1.165) is 45.8 Å². The van der Waals surface area contributed by atoms with Gasteiger partial charge in [-0.3, -0.25) is 10.1 Å². The first kappa shape index (κ1) is 13.6. The van der Waals surface area contributed by atoms with Gasteiger partial charge in [-0.05, 0) is 57.5 Å². The number of benzene rings is 1. The van der Waals surface area contributed by atoms with E-state index in [0.29, 0.717) is 0 Å². The van der Waals surface area contributed by atoms with E-state index in [1.54, 1.807) is 0 Å². The molecule has 4 heteroatoms. The van der Waals surface area contributed by atoms with Crippen LogP contribution in [0.4, 0.5) is 5.69 Å². The molecule has 0 saturated heterocycles. The lowest BCUT2D eigenvalue weighted by Crippen LogP contribution is -1.98. The van der Waals surface area contributed by atoms with E-state index in [1.807, 2.05) is 13.8 Å². The summed E-state index contributed by atoms with van der Waals surface area (Å²) in [5.41, 5.74) is 7.58. The van der Waals surface area contributed by atoms with Gasteiger partial charge in [-0.25, -0.2) is 0 Å². The van der Waals surface area contributed by atoms with E-state index in [2.05, 4.69) is 58.6 Å². The molecule has 0 unspecified atom stereocenters. The summed E-state index contributed by atoms with van der Waals surface area (Å²) in [4.78, 5) is 4.43. The molecule has 0 aliphatic heterocycles. The van der Waals surface area contributed by atoms with Crippen molar-refractivity contribution in [1.82, 2.24) is 15.2 Å². The molecule has 0 saturated carbocycles. The Morgan fingerprint density at radius 2 is 1.76 bits per heavy atom. The maximum Gasteiger partial charge on any atom is 0.100 e. The van der Waals surface area contributed by atoms with E-state index in [4.69, 9.17) is 0 Å².